The number of anilines is 1. The van der Waals surface area contributed by atoms with Crippen molar-refractivity contribution in [2.24, 2.45) is 0 Å². The highest BCUT2D eigenvalue weighted by molar-refractivity contribution is 5.92. The van der Waals surface area contributed by atoms with Crippen molar-refractivity contribution in [3.05, 3.63) is 65.5 Å². The minimum atomic E-state index is -0.316. The molecule has 0 spiro atoms. The Bertz CT molecular complexity index is 634. The smallest absolute Gasteiger partial charge is 0.228 e. The molecule has 1 N–H and O–H groups in total. The Balaban J connectivity index is 1.57. The lowest BCUT2D eigenvalue weighted by Crippen LogP contribution is -2.14. The number of nitrogens with one attached hydrogen (secondary N) is 1. The maximum atomic E-state index is 12.8. The first-order valence-corrected chi connectivity index (χ1v) is 7.08. The van der Waals surface area contributed by atoms with Gasteiger partial charge in [0, 0.05) is 11.3 Å². The van der Waals surface area contributed by atoms with E-state index in [1.54, 1.807) is 12.1 Å². The molecule has 0 aromatic heterocycles. The second kappa shape index (κ2) is 6.68. The number of ether oxygens (including phenoxy) is 2. The molecule has 1 aliphatic heterocycles. The van der Waals surface area contributed by atoms with E-state index >= 15 is 0 Å². The number of hydrogen-bond acceptors (Lipinski definition) is 3. The standard InChI is InChI=1S/C17H16FNO3/c18-14-5-1-12(2-6-14)11-16(20)19-15-7-3-13(4-8-15)17-21-9-10-22-17/h1-8,17H,9-11H2,(H,19,20). The fourth-order valence-corrected chi connectivity index (χ4v) is 2.27. The van der Waals surface area contributed by atoms with Crippen molar-refractivity contribution >= 4 is 11.6 Å². The molecule has 0 radical (unpaired) electrons. The van der Waals surface area contributed by atoms with Crippen LogP contribution in [0, 0.1) is 5.82 Å². The van der Waals surface area contributed by atoms with E-state index in [0.29, 0.717) is 18.9 Å². The minimum Gasteiger partial charge on any atom is -0.346 e. The third kappa shape index (κ3) is 3.69. The van der Waals surface area contributed by atoms with Crippen molar-refractivity contribution < 1.29 is 18.7 Å². The summed E-state index contributed by atoms with van der Waals surface area (Å²) in [5.41, 5.74) is 2.39. The van der Waals surface area contributed by atoms with Gasteiger partial charge in [-0.25, -0.2) is 4.39 Å². The lowest BCUT2D eigenvalue weighted by molar-refractivity contribution is -0.115. The van der Waals surface area contributed by atoms with E-state index in [2.05, 4.69) is 5.32 Å². The van der Waals surface area contributed by atoms with Crippen LogP contribution < -0.4 is 5.32 Å². The van der Waals surface area contributed by atoms with Crippen molar-refractivity contribution in [2.75, 3.05) is 18.5 Å². The Labute approximate surface area is 127 Å². The van der Waals surface area contributed by atoms with Crippen LogP contribution in [0.5, 0.6) is 0 Å². The number of halogens is 1. The Hall–Kier alpha value is -2.24. The second-order valence-electron chi connectivity index (χ2n) is 5.05. The molecule has 5 heteroatoms. The molecular weight excluding hydrogens is 285 g/mol. The van der Waals surface area contributed by atoms with Crippen LogP contribution in [0.4, 0.5) is 10.1 Å². The maximum Gasteiger partial charge on any atom is 0.228 e. The van der Waals surface area contributed by atoms with Crippen LogP contribution in [-0.2, 0) is 20.7 Å². The highest BCUT2D eigenvalue weighted by Gasteiger charge is 2.17. The second-order valence-corrected chi connectivity index (χ2v) is 5.05. The van der Waals surface area contributed by atoms with Gasteiger partial charge in [-0.05, 0) is 29.8 Å². The van der Waals surface area contributed by atoms with Gasteiger partial charge >= 0.3 is 0 Å². The van der Waals surface area contributed by atoms with Crippen LogP contribution in [0.3, 0.4) is 0 Å². The van der Waals surface area contributed by atoms with E-state index < -0.39 is 0 Å². The zero-order valence-corrected chi connectivity index (χ0v) is 11.9. The zero-order chi connectivity index (χ0) is 15.4. The first-order chi connectivity index (χ1) is 10.7. The fraction of sp³-hybridized carbons (Fsp3) is 0.235. The molecule has 1 amide bonds. The van der Waals surface area contributed by atoms with E-state index in [4.69, 9.17) is 9.47 Å². The summed E-state index contributed by atoms with van der Waals surface area (Å²) in [7, 11) is 0. The largest absolute Gasteiger partial charge is 0.346 e. The molecule has 0 aliphatic carbocycles. The van der Waals surface area contributed by atoms with Gasteiger partial charge in [0.15, 0.2) is 6.29 Å². The number of carbonyl (C=O) groups excluding carboxylic acids is 1. The summed E-state index contributed by atoms with van der Waals surface area (Å²) in [6.45, 7) is 1.20. The Morgan fingerprint density at radius 1 is 1.05 bits per heavy atom. The monoisotopic (exact) mass is 301 g/mol. The first kappa shape index (κ1) is 14.7. The van der Waals surface area contributed by atoms with E-state index in [1.165, 1.54) is 12.1 Å². The summed E-state index contributed by atoms with van der Waals surface area (Å²) in [5, 5.41) is 2.81. The highest BCUT2D eigenvalue weighted by Crippen LogP contribution is 2.24. The average Bonchev–Trinajstić information content (AvgIpc) is 3.05. The van der Waals surface area contributed by atoms with E-state index in [-0.39, 0.29) is 24.4 Å². The van der Waals surface area contributed by atoms with Crippen LogP contribution in [0.2, 0.25) is 0 Å². The van der Waals surface area contributed by atoms with Crippen molar-refractivity contribution in [3.63, 3.8) is 0 Å². The molecule has 3 rings (SSSR count). The van der Waals surface area contributed by atoms with E-state index in [0.717, 1.165) is 11.1 Å². The number of amides is 1. The van der Waals surface area contributed by atoms with Gasteiger partial charge in [-0.15, -0.1) is 0 Å². The van der Waals surface area contributed by atoms with Crippen molar-refractivity contribution in [3.8, 4) is 0 Å². The predicted molar refractivity (Wildman–Crippen MR) is 79.8 cm³/mol. The zero-order valence-electron chi connectivity index (χ0n) is 11.9. The maximum absolute atomic E-state index is 12.8. The number of benzene rings is 2. The molecule has 0 saturated carbocycles. The van der Waals surface area contributed by atoms with Gasteiger partial charge in [0.05, 0.1) is 19.6 Å². The van der Waals surface area contributed by atoms with Crippen LogP contribution in [0.25, 0.3) is 0 Å². The van der Waals surface area contributed by atoms with Gasteiger partial charge in [0.25, 0.3) is 0 Å². The number of hydrogen-bond donors (Lipinski definition) is 1. The first-order valence-electron chi connectivity index (χ1n) is 7.08. The van der Waals surface area contributed by atoms with Crippen molar-refractivity contribution in [2.45, 2.75) is 12.7 Å². The molecule has 1 heterocycles. The molecule has 2 aromatic carbocycles. The third-order valence-corrected chi connectivity index (χ3v) is 3.37. The highest BCUT2D eigenvalue weighted by atomic mass is 19.1. The molecule has 1 fully saturated rings. The number of rotatable bonds is 4. The molecule has 114 valence electrons. The van der Waals surface area contributed by atoms with Crippen LogP contribution in [0.15, 0.2) is 48.5 Å². The van der Waals surface area contributed by atoms with E-state index in [9.17, 15) is 9.18 Å². The van der Waals surface area contributed by atoms with Crippen LogP contribution >= 0.6 is 0 Å². The molecule has 2 aromatic rings. The van der Waals surface area contributed by atoms with Crippen LogP contribution in [0.1, 0.15) is 17.4 Å². The Morgan fingerprint density at radius 3 is 2.32 bits per heavy atom. The molecular formula is C17H16FNO3. The van der Waals surface area contributed by atoms with Gasteiger partial charge in [0.2, 0.25) is 5.91 Å². The third-order valence-electron chi connectivity index (χ3n) is 3.37. The summed E-state index contributed by atoms with van der Waals surface area (Å²) in [5.74, 6) is -0.455. The quantitative estimate of drug-likeness (QED) is 0.944. The van der Waals surface area contributed by atoms with Gasteiger partial charge in [-0.1, -0.05) is 24.3 Å². The number of carbonyl (C=O) groups is 1. The van der Waals surface area contributed by atoms with Gasteiger partial charge in [0.1, 0.15) is 5.82 Å². The SMILES string of the molecule is O=C(Cc1ccc(F)cc1)Nc1ccc(C2OCCO2)cc1. The van der Waals surface area contributed by atoms with E-state index in [1.807, 2.05) is 24.3 Å². The molecule has 1 aliphatic rings. The molecule has 0 bridgehead atoms. The van der Waals surface area contributed by atoms with Crippen molar-refractivity contribution in [1.29, 1.82) is 0 Å². The topological polar surface area (TPSA) is 47.6 Å². The lowest BCUT2D eigenvalue weighted by Gasteiger charge is -2.10. The summed E-state index contributed by atoms with van der Waals surface area (Å²) < 4.78 is 23.6. The Kier molecular flexibility index (Phi) is 4.46. The lowest BCUT2D eigenvalue weighted by atomic mass is 10.1. The summed E-state index contributed by atoms with van der Waals surface area (Å²) in [6, 6.07) is 13.2. The molecule has 0 atom stereocenters. The molecule has 1 saturated heterocycles. The van der Waals surface area contributed by atoms with Gasteiger partial charge in [-0.2, -0.15) is 0 Å². The molecule has 4 nitrogen and oxygen atoms in total. The molecule has 22 heavy (non-hydrogen) atoms. The Morgan fingerprint density at radius 2 is 1.68 bits per heavy atom. The van der Waals surface area contributed by atoms with Gasteiger partial charge < -0.3 is 14.8 Å². The predicted octanol–water partition coefficient (Wildman–Crippen LogP) is 3.05. The summed E-state index contributed by atoms with van der Waals surface area (Å²) in [4.78, 5) is 12.0. The normalized spacial score (nSPS) is 15.0. The minimum absolute atomic E-state index is 0.146. The molecule has 0 unspecified atom stereocenters. The van der Waals surface area contributed by atoms with Crippen LogP contribution in [-0.4, -0.2) is 19.1 Å². The van der Waals surface area contributed by atoms with Crippen molar-refractivity contribution in [1.82, 2.24) is 0 Å². The fourth-order valence-electron chi connectivity index (χ4n) is 2.27. The summed E-state index contributed by atoms with van der Waals surface area (Å²) in [6.07, 6.45) is -0.111. The summed E-state index contributed by atoms with van der Waals surface area (Å²) >= 11 is 0. The van der Waals surface area contributed by atoms with Gasteiger partial charge in [-0.3, -0.25) is 4.79 Å². The average molecular weight is 301 g/mol.